The number of rotatable bonds is 4. The predicted molar refractivity (Wildman–Crippen MR) is 133 cm³/mol. The standard InChI is InChI=1S/C25H27N3O9S/c1-28(2)19-14-10-12-9-13-11(5-4-8-27-38(3,36)37)6-7-15(29)17(13)20(30)16(12)22(32)25(14,35)23(33)18(21(19)31)24(26)34/h6-7,12,14,19,27,29,31-32,35H,8-10H2,1-3H3,(H2,26,34)/t12-,14-,19-,25-/m0/s1. The van der Waals surface area contributed by atoms with E-state index in [1.54, 1.807) is 14.1 Å². The Morgan fingerprint density at radius 2 is 1.89 bits per heavy atom. The highest BCUT2D eigenvalue weighted by atomic mass is 32.2. The number of aliphatic hydroxyl groups is 3. The van der Waals surface area contributed by atoms with Gasteiger partial charge in [0, 0.05) is 17.1 Å². The first-order valence-corrected chi connectivity index (χ1v) is 13.4. The van der Waals surface area contributed by atoms with Crippen molar-refractivity contribution in [3.8, 4) is 17.6 Å². The molecule has 202 valence electrons. The number of nitrogens with two attached hydrogens (primary N) is 1. The van der Waals surface area contributed by atoms with Crippen LogP contribution in [0.1, 0.15) is 27.9 Å². The van der Waals surface area contributed by atoms with Crippen LogP contribution in [0.15, 0.2) is 34.8 Å². The van der Waals surface area contributed by atoms with E-state index in [4.69, 9.17) is 5.73 Å². The number of aliphatic hydroxyl groups excluding tert-OH is 2. The second-order valence-electron chi connectivity index (χ2n) is 9.84. The van der Waals surface area contributed by atoms with Crippen LogP contribution in [0.25, 0.3) is 0 Å². The molecule has 3 aliphatic rings. The van der Waals surface area contributed by atoms with Gasteiger partial charge in [0.2, 0.25) is 15.8 Å². The molecule has 1 amide bonds. The SMILES string of the molecule is CN(C)[C@@H]1C(O)=C(C(N)=O)C(=O)[C@@]2(O)C(O)=C3C(=O)c4c(O)ccc(C#CCNS(C)(=O)=O)c4C[C@H]3C[C@@H]12. The second-order valence-corrected chi connectivity index (χ2v) is 11.7. The molecular weight excluding hydrogens is 518 g/mol. The van der Waals surface area contributed by atoms with E-state index in [0.29, 0.717) is 11.1 Å². The van der Waals surface area contributed by atoms with Crippen LogP contribution in [0, 0.1) is 23.7 Å². The Bertz CT molecular complexity index is 1510. The number of sulfonamides is 1. The molecule has 0 bridgehead atoms. The van der Waals surface area contributed by atoms with Crippen molar-refractivity contribution in [2.24, 2.45) is 17.6 Å². The van der Waals surface area contributed by atoms with Gasteiger partial charge in [0.05, 0.1) is 24.4 Å². The van der Waals surface area contributed by atoms with Crippen LogP contribution in [0.2, 0.25) is 0 Å². The highest BCUT2D eigenvalue weighted by Crippen LogP contribution is 2.52. The van der Waals surface area contributed by atoms with E-state index in [2.05, 4.69) is 16.6 Å². The summed E-state index contributed by atoms with van der Waals surface area (Å²) in [6.45, 7) is -0.187. The zero-order chi connectivity index (χ0) is 28.3. The average molecular weight is 546 g/mol. The van der Waals surface area contributed by atoms with Gasteiger partial charge in [-0.15, -0.1) is 0 Å². The first-order chi connectivity index (χ1) is 17.6. The monoisotopic (exact) mass is 545 g/mol. The fourth-order valence-corrected chi connectivity index (χ4v) is 6.01. The lowest BCUT2D eigenvalue weighted by molar-refractivity contribution is -0.148. The number of fused-ring (bicyclic) bond motifs is 3. The number of carbonyl (C=O) groups is 3. The third kappa shape index (κ3) is 4.15. The molecule has 1 aromatic carbocycles. The van der Waals surface area contributed by atoms with Gasteiger partial charge in [0.25, 0.3) is 5.91 Å². The number of nitrogens with one attached hydrogen (secondary N) is 1. The van der Waals surface area contributed by atoms with Gasteiger partial charge < -0.3 is 26.2 Å². The average Bonchev–Trinajstić information content (AvgIpc) is 2.79. The fourth-order valence-electron chi connectivity index (χ4n) is 5.67. The summed E-state index contributed by atoms with van der Waals surface area (Å²) >= 11 is 0. The molecule has 0 fully saturated rings. The Labute approximate surface area is 218 Å². The van der Waals surface area contributed by atoms with E-state index in [0.717, 1.165) is 6.26 Å². The zero-order valence-electron chi connectivity index (χ0n) is 20.8. The van der Waals surface area contributed by atoms with E-state index in [9.17, 15) is 43.2 Å². The van der Waals surface area contributed by atoms with E-state index >= 15 is 0 Å². The highest BCUT2D eigenvalue weighted by Gasteiger charge is 2.63. The molecule has 0 unspecified atom stereocenters. The lowest BCUT2D eigenvalue weighted by atomic mass is 9.58. The number of phenolic OH excluding ortho intramolecular Hbond substituents is 1. The summed E-state index contributed by atoms with van der Waals surface area (Å²) < 4.78 is 24.8. The maximum absolute atomic E-state index is 13.6. The predicted octanol–water partition coefficient (Wildman–Crippen LogP) is -0.979. The number of allylic oxidation sites excluding steroid dienone is 1. The first kappa shape index (κ1) is 27.3. The van der Waals surface area contributed by atoms with Gasteiger partial charge in [0.1, 0.15) is 22.8 Å². The van der Waals surface area contributed by atoms with Crippen molar-refractivity contribution in [3.05, 3.63) is 51.5 Å². The number of Topliss-reactive ketones (excluding diaryl/α,β-unsaturated/α-hetero) is 2. The number of aromatic hydroxyl groups is 1. The summed E-state index contributed by atoms with van der Waals surface area (Å²) in [6.07, 6.45) is 1.01. The van der Waals surface area contributed by atoms with Crippen molar-refractivity contribution in [2.75, 3.05) is 26.9 Å². The van der Waals surface area contributed by atoms with Crippen molar-refractivity contribution >= 4 is 27.5 Å². The first-order valence-electron chi connectivity index (χ1n) is 11.5. The van der Waals surface area contributed by atoms with Crippen molar-refractivity contribution < 1.29 is 43.2 Å². The van der Waals surface area contributed by atoms with Gasteiger partial charge in [0.15, 0.2) is 11.4 Å². The minimum atomic E-state index is -3.47. The molecule has 0 spiro atoms. The van der Waals surface area contributed by atoms with Crippen LogP contribution in [0.4, 0.5) is 0 Å². The maximum Gasteiger partial charge on any atom is 0.255 e. The smallest absolute Gasteiger partial charge is 0.255 e. The Morgan fingerprint density at radius 1 is 1.24 bits per heavy atom. The molecule has 0 saturated heterocycles. The number of phenols is 1. The molecule has 1 aromatic rings. The topological polar surface area (TPSA) is 208 Å². The third-order valence-electron chi connectivity index (χ3n) is 7.25. The molecule has 0 radical (unpaired) electrons. The van der Waals surface area contributed by atoms with E-state index in [1.165, 1.54) is 17.0 Å². The summed E-state index contributed by atoms with van der Waals surface area (Å²) in [4.78, 5) is 40.4. The molecule has 0 aromatic heterocycles. The molecule has 0 heterocycles. The molecule has 13 heteroatoms. The Hall–Kier alpha value is -3.70. The number of amides is 1. The Morgan fingerprint density at radius 3 is 2.47 bits per heavy atom. The van der Waals surface area contributed by atoms with Gasteiger partial charge >= 0.3 is 0 Å². The molecular formula is C25H27N3O9S. The van der Waals surface area contributed by atoms with Crippen LogP contribution in [0.3, 0.4) is 0 Å². The van der Waals surface area contributed by atoms with Crippen LogP contribution < -0.4 is 10.5 Å². The highest BCUT2D eigenvalue weighted by molar-refractivity contribution is 7.88. The molecule has 0 saturated carbocycles. The summed E-state index contributed by atoms with van der Waals surface area (Å²) in [5.74, 6) is -1.87. The molecule has 7 N–H and O–H groups in total. The van der Waals surface area contributed by atoms with E-state index in [1.807, 2.05) is 0 Å². The fraction of sp³-hybridized carbons (Fsp3) is 0.400. The van der Waals surface area contributed by atoms with Crippen molar-refractivity contribution in [1.82, 2.24) is 9.62 Å². The molecule has 38 heavy (non-hydrogen) atoms. The van der Waals surface area contributed by atoms with Crippen LogP contribution >= 0.6 is 0 Å². The summed E-state index contributed by atoms with van der Waals surface area (Å²) in [7, 11) is -0.380. The lowest BCUT2D eigenvalue weighted by Gasteiger charge is -2.50. The quantitative estimate of drug-likeness (QED) is 0.201. The molecule has 4 atom stereocenters. The van der Waals surface area contributed by atoms with Crippen LogP contribution in [-0.4, -0.2) is 89.8 Å². The van der Waals surface area contributed by atoms with Crippen LogP contribution in [0.5, 0.6) is 5.75 Å². The van der Waals surface area contributed by atoms with Gasteiger partial charge in [-0.05, 0) is 50.6 Å². The number of nitrogens with zero attached hydrogens (tertiary/aromatic N) is 1. The molecule has 0 aliphatic heterocycles. The minimum absolute atomic E-state index is 0.0517. The summed E-state index contributed by atoms with van der Waals surface area (Å²) in [6, 6.07) is 1.61. The largest absolute Gasteiger partial charge is 0.510 e. The number of hydrogen-bond donors (Lipinski definition) is 6. The lowest BCUT2D eigenvalue weighted by Crippen LogP contribution is -2.63. The number of hydrogen-bond acceptors (Lipinski definition) is 10. The zero-order valence-corrected chi connectivity index (χ0v) is 21.6. The number of likely N-dealkylation sites (N-methyl/N-ethyl adjacent to an activating group) is 1. The normalized spacial score (nSPS) is 26.9. The number of carbonyl (C=O) groups excluding carboxylic acids is 3. The van der Waals surface area contributed by atoms with Gasteiger partial charge in [-0.25, -0.2) is 13.1 Å². The van der Waals surface area contributed by atoms with Crippen molar-refractivity contribution in [1.29, 1.82) is 0 Å². The van der Waals surface area contributed by atoms with Crippen molar-refractivity contribution in [3.63, 3.8) is 0 Å². The number of benzene rings is 1. The Balaban J connectivity index is 1.87. The minimum Gasteiger partial charge on any atom is -0.510 e. The van der Waals surface area contributed by atoms with Crippen LogP contribution in [-0.2, 0) is 26.0 Å². The Kier molecular flexibility index (Phi) is 6.65. The second kappa shape index (κ2) is 9.25. The molecule has 4 rings (SSSR count). The van der Waals surface area contributed by atoms with Gasteiger partial charge in [-0.1, -0.05) is 11.8 Å². The van der Waals surface area contributed by atoms with Crippen molar-refractivity contribution in [2.45, 2.75) is 24.5 Å². The number of primary amides is 1. The van der Waals surface area contributed by atoms with E-state index < -0.39 is 73.8 Å². The van der Waals surface area contributed by atoms with Gasteiger partial charge in [-0.2, -0.15) is 0 Å². The summed E-state index contributed by atoms with van der Waals surface area (Å²) in [5, 5.41) is 44.2. The molecule has 3 aliphatic carbocycles. The summed E-state index contributed by atoms with van der Waals surface area (Å²) in [5.41, 5.74) is 1.99. The van der Waals surface area contributed by atoms with E-state index in [-0.39, 0.29) is 30.5 Å². The van der Waals surface area contributed by atoms with Gasteiger partial charge in [-0.3, -0.25) is 19.3 Å². The maximum atomic E-state index is 13.6. The molecule has 12 nitrogen and oxygen atoms in total. The third-order valence-corrected chi connectivity index (χ3v) is 7.92. The number of ketones is 2.